The van der Waals surface area contributed by atoms with Crippen LogP contribution in [0.25, 0.3) is 16.6 Å². The van der Waals surface area contributed by atoms with E-state index in [1.165, 1.54) is 0 Å². The molecular weight excluding hydrogens is 322 g/mol. The Balaban J connectivity index is 2.38. The van der Waals surface area contributed by atoms with Crippen LogP contribution in [0.3, 0.4) is 0 Å². The number of hydrogen-bond acceptors (Lipinski definition) is 2. The van der Waals surface area contributed by atoms with Crippen LogP contribution < -0.4 is 0 Å². The smallest absolute Gasteiger partial charge is 0.339 e. The zero-order valence-electron chi connectivity index (χ0n) is 10.2. The van der Waals surface area contributed by atoms with E-state index in [1.54, 1.807) is 34.9 Å². The van der Waals surface area contributed by atoms with Gasteiger partial charge in [-0.2, -0.15) is 0 Å². The number of carboxylic acid groups (broad SMARTS) is 1. The fourth-order valence-corrected chi connectivity index (χ4v) is 3.05. The molecule has 0 aliphatic carbocycles. The number of para-hydroxylation sites is 1. The number of aromatic carboxylic acids is 1. The SMILES string of the molecule is O=C(O)c1c(Br)n(-c2ccc(O)cc2)c2ccccc12. The van der Waals surface area contributed by atoms with Crippen LogP contribution in [-0.4, -0.2) is 20.7 Å². The highest BCUT2D eigenvalue weighted by atomic mass is 79.9. The minimum absolute atomic E-state index is 0.166. The van der Waals surface area contributed by atoms with Crippen molar-refractivity contribution in [2.45, 2.75) is 0 Å². The predicted octanol–water partition coefficient (Wildman–Crippen LogP) is 3.80. The fourth-order valence-electron chi connectivity index (χ4n) is 2.27. The Morgan fingerprint density at radius 1 is 1.05 bits per heavy atom. The molecule has 4 nitrogen and oxygen atoms in total. The second-order valence-electron chi connectivity index (χ2n) is 4.34. The molecule has 5 heteroatoms. The molecule has 0 saturated heterocycles. The molecule has 3 aromatic rings. The summed E-state index contributed by atoms with van der Waals surface area (Å²) in [7, 11) is 0. The van der Waals surface area contributed by atoms with E-state index < -0.39 is 5.97 Å². The summed E-state index contributed by atoms with van der Waals surface area (Å²) in [6.07, 6.45) is 0. The first-order valence-electron chi connectivity index (χ1n) is 5.91. The number of aromatic nitrogens is 1. The Morgan fingerprint density at radius 2 is 1.70 bits per heavy atom. The van der Waals surface area contributed by atoms with Gasteiger partial charge in [0.05, 0.1) is 11.1 Å². The largest absolute Gasteiger partial charge is 0.508 e. The van der Waals surface area contributed by atoms with Gasteiger partial charge in [0.15, 0.2) is 0 Å². The Hall–Kier alpha value is -2.27. The predicted molar refractivity (Wildman–Crippen MR) is 79.6 cm³/mol. The van der Waals surface area contributed by atoms with Crippen LogP contribution in [0.5, 0.6) is 5.75 Å². The third-order valence-corrected chi connectivity index (χ3v) is 3.89. The van der Waals surface area contributed by atoms with Crippen molar-refractivity contribution >= 4 is 32.8 Å². The van der Waals surface area contributed by atoms with Crippen molar-refractivity contribution in [1.29, 1.82) is 0 Å². The van der Waals surface area contributed by atoms with Gasteiger partial charge in [0.2, 0.25) is 0 Å². The molecule has 0 radical (unpaired) electrons. The van der Waals surface area contributed by atoms with Gasteiger partial charge in [0, 0.05) is 11.1 Å². The van der Waals surface area contributed by atoms with Crippen LogP contribution >= 0.6 is 15.9 Å². The molecule has 0 amide bonds. The lowest BCUT2D eigenvalue weighted by Crippen LogP contribution is -1.98. The molecule has 3 rings (SSSR count). The first-order chi connectivity index (χ1) is 9.59. The highest BCUT2D eigenvalue weighted by Gasteiger charge is 2.20. The van der Waals surface area contributed by atoms with E-state index in [-0.39, 0.29) is 11.3 Å². The Morgan fingerprint density at radius 3 is 2.35 bits per heavy atom. The Kier molecular flexibility index (Phi) is 2.99. The minimum Gasteiger partial charge on any atom is -0.508 e. The number of hydrogen-bond donors (Lipinski definition) is 2. The summed E-state index contributed by atoms with van der Waals surface area (Å²) in [5.41, 5.74) is 1.80. The molecule has 0 spiro atoms. The van der Waals surface area contributed by atoms with Gasteiger partial charge in [0.1, 0.15) is 10.4 Å². The molecular formula is C15H10BrNO3. The first-order valence-corrected chi connectivity index (χ1v) is 6.70. The van der Waals surface area contributed by atoms with Gasteiger partial charge in [-0.05, 0) is 46.3 Å². The summed E-state index contributed by atoms with van der Waals surface area (Å²) >= 11 is 3.37. The number of phenols is 1. The van der Waals surface area contributed by atoms with Crippen molar-refractivity contribution in [2.75, 3.05) is 0 Å². The van der Waals surface area contributed by atoms with E-state index in [1.807, 2.05) is 18.2 Å². The van der Waals surface area contributed by atoms with Crippen LogP contribution in [0.1, 0.15) is 10.4 Å². The summed E-state index contributed by atoms with van der Waals surface area (Å²) in [5, 5.41) is 19.4. The lowest BCUT2D eigenvalue weighted by molar-refractivity contribution is 0.0698. The molecule has 2 N–H and O–H groups in total. The number of nitrogens with zero attached hydrogens (tertiary/aromatic N) is 1. The average Bonchev–Trinajstić information content (AvgIpc) is 2.72. The van der Waals surface area contributed by atoms with E-state index in [0.717, 1.165) is 11.2 Å². The number of halogens is 1. The lowest BCUT2D eigenvalue weighted by Gasteiger charge is -2.07. The quantitative estimate of drug-likeness (QED) is 0.750. The highest BCUT2D eigenvalue weighted by molar-refractivity contribution is 9.10. The third kappa shape index (κ3) is 1.87. The molecule has 20 heavy (non-hydrogen) atoms. The maximum absolute atomic E-state index is 11.5. The standard InChI is InChI=1S/C15H10BrNO3/c16-14-13(15(19)20)11-3-1-2-4-12(11)17(14)9-5-7-10(18)8-6-9/h1-8,18H,(H,19,20). The van der Waals surface area contributed by atoms with Gasteiger partial charge >= 0.3 is 5.97 Å². The Bertz CT molecular complexity index is 806. The number of carbonyl (C=O) groups is 1. The summed E-state index contributed by atoms with van der Waals surface area (Å²) in [4.78, 5) is 11.5. The van der Waals surface area contributed by atoms with Crippen molar-refractivity contribution in [3.05, 3.63) is 58.7 Å². The summed E-state index contributed by atoms with van der Waals surface area (Å²) in [6.45, 7) is 0. The number of aromatic hydroxyl groups is 1. The van der Waals surface area contributed by atoms with E-state index in [9.17, 15) is 15.0 Å². The van der Waals surface area contributed by atoms with Crippen LogP contribution in [-0.2, 0) is 0 Å². The fraction of sp³-hybridized carbons (Fsp3) is 0. The number of phenolic OH excluding ortho intramolecular Hbond substituents is 1. The molecule has 1 heterocycles. The maximum Gasteiger partial charge on any atom is 0.339 e. The molecule has 0 saturated carbocycles. The summed E-state index contributed by atoms with van der Waals surface area (Å²) < 4.78 is 2.29. The Labute approximate surface area is 123 Å². The maximum atomic E-state index is 11.5. The molecule has 0 bridgehead atoms. The molecule has 0 atom stereocenters. The van der Waals surface area contributed by atoms with Gasteiger partial charge in [-0.1, -0.05) is 18.2 Å². The van der Waals surface area contributed by atoms with Crippen molar-refractivity contribution in [1.82, 2.24) is 4.57 Å². The molecule has 0 fully saturated rings. The van der Waals surface area contributed by atoms with Gasteiger partial charge in [-0.15, -0.1) is 0 Å². The van der Waals surface area contributed by atoms with E-state index in [0.29, 0.717) is 9.99 Å². The normalized spacial score (nSPS) is 10.8. The number of fused-ring (bicyclic) bond motifs is 1. The van der Waals surface area contributed by atoms with Crippen LogP contribution in [0.4, 0.5) is 0 Å². The van der Waals surface area contributed by atoms with E-state index in [2.05, 4.69) is 15.9 Å². The zero-order chi connectivity index (χ0) is 14.3. The van der Waals surface area contributed by atoms with Crippen molar-refractivity contribution < 1.29 is 15.0 Å². The monoisotopic (exact) mass is 331 g/mol. The molecule has 0 unspecified atom stereocenters. The van der Waals surface area contributed by atoms with Crippen molar-refractivity contribution in [3.63, 3.8) is 0 Å². The van der Waals surface area contributed by atoms with Crippen molar-refractivity contribution in [2.24, 2.45) is 0 Å². The molecule has 2 aromatic carbocycles. The van der Waals surface area contributed by atoms with Gasteiger partial charge in [-0.25, -0.2) is 4.79 Å². The zero-order valence-corrected chi connectivity index (χ0v) is 11.8. The number of benzene rings is 2. The minimum atomic E-state index is -0.981. The number of carboxylic acids is 1. The van der Waals surface area contributed by atoms with Crippen LogP contribution in [0.2, 0.25) is 0 Å². The van der Waals surface area contributed by atoms with Gasteiger partial charge in [0.25, 0.3) is 0 Å². The van der Waals surface area contributed by atoms with Gasteiger partial charge in [-0.3, -0.25) is 0 Å². The molecule has 0 aliphatic heterocycles. The topological polar surface area (TPSA) is 62.5 Å². The van der Waals surface area contributed by atoms with Crippen LogP contribution in [0.15, 0.2) is 53.1 Å². The second kappa shape index (κ2) is 4.68. The van der Waals surface area contributed by atoms with Gasteiger partial charge < -0.3 is 14.8 Å². The van der Waals surface area contributed by atoms with Crippen LogP contribution in [0, 0.1) is 0 Å². The second-order valence-corrected chi connectivity index (χ2v) is 5.09. The van der Waals surface area contributed by atoms with Crippen molar-refractivity contribution in [3.8, 4) is 11.4 Å². The molecule has 100 valence electrons. The lowest BCUT2D eigenvalue weighted by atomic mass is 10.2. The average molecular weight is 332 g/mol. The molecule has 0 aliphatic rings. The third-order valence-electron chi connectivity index (χ3n) is 3.14. The highest BCUT2D eigenvalue weighted by Crippen LogP contribution is 2.33. The first kappa shape index (κ1) is 12.7. The summed E-state index contributed by atoms with van der Waals surface area (Å²) in [6, 6.07) is 13.9. The van der Waals surface area contributed by atoms with E-state index >= 15 is 0 Å². The molecule has 1 aromatic heterocycles. The van der Waals surface area contributed by atoms with E-state index in [4.69, 9.17) is 0 Å². The summed E-state index contributed by atoms with van der Waals surface area (Å²) in [5.74, 6) is -0.814. The number of rotatable bonds is 2.